The monoisotopic (exact) mass is 262 g/mol. The summed E-state index contributed by atoms with van der Waals surface area (Å²) in [5.41, 5.74) is 0.0410. The van der Waals surface area contributed by atoms with Gasteiger partial charge in [0.15, 0.2) is 5.78 Å². The number of carbonyl (C=O) groups excluding carboxylic acids is 1. The lowest BCUT2D eigenvalue weighted by atomic mass is 9.86. The number of ether oxygens (including phenoxy) is 2. The van der Waals surface area contributed by atoms with Gasteiger partial charge in [0.25, 0.3) is 0 Å². The number of benzene rings is 1. The van der Waals surface area contributed by atoms with Crippen molar-refractivity contribution in [2.45, 2.75) is 46.3 Å². The number of Topliss-reactive ketones (excluding diaryl/α,β-unsaturated/α-hetero) is 1. The second-order valence-corrected chi connectivity index (χ2v) is 6.63. The Balaban J connectivity index is 2.08. The fraction of sp³-hybridized carbons (Fsp3) is 0.562. The van der Waals surface area contributed by atoms with E-state index in [4.69, 9.17) is 9.47 Å². The number of rotatable bonds is 4. The lowest BCUT2D eigenvalue weighted by molar-refractivity contribution is 0.0743. The molecule has 0 radical (unpaired) electrons. The van der Waals surface area contributed by atoms with Gasteiger partial charge in [0.1, 0.15) is 17.5 Å². The first-order valence-electron chi connectivity index (χ1n) is 6.66. The Bertz CT molecular complexity index is 462. The Morgan fingerprint density at radius 3 is 2.11 bits per heavy atom. The minimum absolute atomic E-state index is 0.142. The highest BCUT2D eigenvalue weighted by atomic mass is 16.6. The van der Waals surface area contributed by atoms with Crippen molar-refractivity contribution in [2.75, 3.05) is 6.61 Å². The third-order valence-electron chi connectivity index (χ3n) is 3.29. The molecule has 1 aromatic carbocycles. The van der Waals surface area contributed by atoms with Crippen molar-refractivity contribution in [3.63, 3.8) is 0 Å². The predicted molar refractivity (Wildman–Crippen MR) is 74.7 cm³/mol. The van der Waals surface area contributed by atoms with Crippen molar-refractivity contribution in [3.8, 4) is 5.75 Å². The van der Waals surface area contributed by atoms with Gasteiger partial charge in [0.05, 0.1) is 6.61 Å². The van der Waals surface area contributed by atoms with E-state index in [1.54, 1.807) is 0 Å². The van der Waals surface area contributed by atoms with E-state index < -0.39 is 0 Å². The molecule has 1 saturated heterocycles. The molecule has 2 rings (SSSR count). The molecule has 3 nitrogen and oxygen atoms in total. The van der Waals surface area contributed by atoms with E-state index in [1.165, 1.54) is 0 Å². The van der Waals surface area contributed by atoms with Crippen LogP contribution in [0.2, 0.25) is 0 Å². The molecular formula is C16H22O3. The lowest BCUT2D eigenvalue weighted by Crippen LogP contribution is -2.34. The smallest absolute Gasteiger partial charge is 0.168 e. The zero-order valence-corrected chi connectivity index (χ0v) is 12.3. The summed E-state index contributed by atoms with van der Waals surface area (Å²) in [6, 6.07) is 7.35. The topological polar surface area (TPSA) is 38.8 Å². The summed E-state index contributed by atoms with van der Waals surface area (Å²) in [5, 5.41) is 0. The summed E-state index contributed by atoms with van der Waals surface area (Å²) >= 11 is 0. The Morgan fingerprint density at radius 1 is 1.16 bits per heavy atom. The molecule has 1 unspecified atom stereocenters. The lowest BCUT2D eigenvalue weighted by Gasteiger charge is -2.24. The van der Waals surface area contributed by atoms with Crippen molar-refractivity contribution in [3.05, 3.63) is 29.8 Å². The van der Waals surface area contributed by atoms with Crippen LogP contribution in [0.1, 0.15) is 45.0 Å². The quantitative estimate of drug-likeness (QED) is 0.616. The van der Waals surface area contributed by atoms with Crippen molar-refractivity contribution < 1.29 is 14.3 Å². The van der Waals surface area contributed by atoms with Crippen LogP contribution in [0.3, 0.4) is 0 Å². The first-order valence-corrected chi connectivity index (χ1v) is 6.66. The summed E-state index contributed by atoms with van der Waals surface area (Å²) in [7, 11) is 0. The zero-order valence-electron chi connectivity index (χ0n) is 12.3. The van der Waals surface area contributed by atoms with Crippen LogP contribution in [0.4, 0.5) is 0 Å². The standard InChI is InChI=1S/C16H22O3/c1-15(2,3)14(17)11-6-8-12(9-7-11)19-16(4,5)13-10-18-13/h6-9,13H,10H2,1-5H3. The summed E-state index contributed by atoms with van der Waals surface area (Å²) in [5.74, 6) is 0.912. The normalized spacial score (nSPS) is 19.1. The summed E-state index contributed by atoms with van der Waals surface area (Å²) in [4.78, 5) is 12.1. The molecular weight excluding hydrogens is 240 g/mol. The van der Waals surface area contributed by atoms with Crippen LogP contribution in [-0.2, 0) is 4.74 Å². The van der Waals surface area contributed by atoms with Crippen LogP contribution >= 0.6 is 0 Å². The largest absolute Gasteiger partial charge is 0.485 e. The third kappa shape index (κ3) is 3.35. The molecule has 0 bridgehead atoms. The molecule has 1 aliphatic heterocycles. The van der Waals surface area contributed by atoms with E-state index >= 15 is 0 Å². The van der Waals surface area contributed by atoms with Crippen LogP contribution in [0.5, 0.6) is 5.75 Å². The molecule has 1 fully saturated rings. The van der Waals surface area contributed by atoms with Gasteiger partial charge in [-0.25, -0.2) is 0 Å². The molecule has 0 spiro atoms. The maximum Gasteiger partial charge on any atom is 0.168 e. The number of hydrogen-bond acceptors (Lipinski definition) is 3. The van der Waals surface area contributed by atoms with Gasteiger partial charge in [0.2, 0.25) is 0 Å². The molecule has 19 heavy (non-hydrogen) atoms. The van der Waals surface area contributed by atoms with Gasteiger partial charge < -0.3 is 9.47 Å². The van der Waals surface area contributed by atoms with Crippen molar-refractivity contribution >= 4 is 5.78 Å². The number of hydrogen-bond donors (Lipinski definition) is 0. The van der Waals surface area contributed by atoms with Gasteiger partial charge in [-0.05, 0) is 38.1 Å². The minimum Gasteiger partial charge on any atom is -0.485 e. The Hall–Kier alpha value is -1.35. The number of carbonyl (C=O) groups is 1. The predicted octanol–water partition coefficient (Wildman–Crippen LogP) is 3.47. The molecule has 1 heterocycles. The van der Waals surface area contributed by atoms with Gasteiger partial charge in [-0.1, -0.05) is 20.8 Å². The molecule has 3 heteroatoms. The summed E-state index contributed by atoms with van der Waals surface area (Å²) < 4.78 is 11.2. The van der Waals surface area contributed by atoms with Crippen LogP contribution < -0.4 is 4.74 Å². The molecule has 0 aromatic heterocycles. The van der Waals surface area contributed by atoms with Gasteiger partial charge in [-0.3, -0.25) is 4.79 Å². The Kier molecular flexibility index (Phi) is 3.43. The Morgan fingerprint density at radius 2 is 1.68 bits per heavy atom. The van der Waals surface area contributed by atoms with E-state index in [9.17, 15) is 4.79 Å². The van der Waals surface area contributed by atoms with Gasteiger partial charge >= 0.3 is 0 Å². The summed E-state index contributed by atoms with van der Waals surface area (Å²) in [6.07, 6.45) is 0.170. The van der Waals surface area contributed by atoms with E-state index in [0.29, 0.717) is 0 Å². The van der Waals surface area contributed by atoms with Crippen LogP contribution in [0.25, 0.3) is 0 Å². The molecule has 1 aromatic rings. The van der Waals surface area contributed by atoms with Gasteiger partial charge in [0, 0.05) is 11.0 Å². The van der Waals surface area contributed by atoms with Crippen molar-refractivity contribution in [1.82, 2.24) is 0 Å². The maximum absolute atomic E-state index is 12.1. The van der Waals surface area contributed by atoms with E-state index in [-0.39, 0.29) is 22.9 Å². The molecule has 0 N–H and O–H groups in total. The maximum atomic E-state index is 12.1. The molecule has 104 valence electrons. The number of ketones is 1. The van der Waals surface area contributed by atoms with Crippen molar-refractivity contribution in [1.29, 1.82) is 0 Å². The Labute approximate surface area is 114 Å². The second kappa shape index (κ2) is 4.64. The SMILES string of the molecule is CC(C)(C)C(=O)c1ccc(OC(C)(C)C2CO2)cc1. The highest BCUT2D eigenvalue weighted by Gasteiger charge is 2.41. The molecule has 1 aliphatic rings. The molecule has 0 amide bonds. The average Bonchev–Trinajstić information content (AvgIpc) is 3.11. The van der Waals surface area contributed by atoms with Crippen LogP contribution in [0.15, 0.2) is 24.3 Å². The number of epoxide rings is 1. The molecule has 0 aliphatic carbocycles. The minimum atomic E-state index is -0.358. The average molecular weight is 262 g/mol. The van der Waals surface area contributed by atoms with Crippen molar-refractivity contribution in [2.24, 2.45) is 5.41 Å². The second-order valence-electron chi connectivity index (χ2n) is 6.63. The van der Waals surface area contributed by atoms with Crippen LogP contribution in [0, 0.1) is 5.41 Å². The fourth-order valence-electron chi connectivity index (χ4n) is 1.93. The fourth-order valence-corrected chi connectivity index (χ4v) is 1.93. The first kappa shape index (κ1) is 14.1. The van der Waals surface area contributed by atoms with Gasteiger partial charge in [-0.15, -0.1) is 0 Å². The highest BCUT2D eigenvalue weighted by molar-refractivity contribution is 5.99. The highest BCUT2D eigenvalue weighted by Crippen LogP contribution is 2.30. The molecule has 0 saturated carbocycles. The van der Waals surface area contributed by atoms with Gasteiger partial charge in [-0.2, -0.15) is 0 Å². The first-order chi connectivity index (χ1) is 8.70. The van der Waals surface area contributed by atoms with Crippen LogP contribution in [-0.4, -0.2) is 24.1 Å². The van der Waals surface area contributed by atoms with E-state index in [0.717, 1.165) is 17.9 Å². The third-order valence-corrected chi connectivity index (χ3v) is 3.29. The van der Waals surface area contributed by atoms with E-state index in [2.05, 4.69) is 0 Å². The molecule has 1 atom stereocenters. The zero-order chi connectivity index (χ0) is 14.3. The van der Waals surface area contributed by atoms with E-state index in [1.807, 2.05) is 58.9 Å². The summed E-state index contributed by atoms with van der Waals surface area (Å²) in [6.45, 7) is 10.6.